The number of hydrogen-bond donors (Lipinski definition) is 0. The van der Waals surface area contributed by atoms with Crippen LogP contribution in [0.1, 0.15) is 48.0 Å². The Labute approximate surface area is 115 Å². The van der Waals surface area contributed by atoms with Crippen molar-refractivity contribution in [1.82, 2.24) is 0 Å². The smallest absolute Gasteiger partial charge is 0.163 e. The lowest BCUT2D eigenvalue weighted by Gasteiger charge is -2.15. The number of hydrogen-bond acceptors (Lipinski definition) is 1. The predicted octanol–water partition coefficient (Wildman–Crippen LogP) is 4.84. The molecule has 1 nitrogen and oxygen atoms in total. The Hall–Kier alpha value is -1.89. The summed E-state index contributed by atoms with van der Waals surface area (Å²) in [4.78, 5) is 12.3. The highest BCUT2D eigenvalue weighted by Crippen LogP contribution is 2.26. The maximum Gasteiger partial charge on any atom is 0.163 e. The fourth-order valence-corrected chi connectivity index (χ4v) is 2.43. The third kappa shape index (κ3) is 3.78. The van der Waals surface area contributed by atoms with Gasteiger partial charge in [0.15, 0.2) is 5.78 Å². The van der Waals surface area contributed by atoms with E-state index < -0.39 is 0 Å². The second-order valence-electron chi connectivity index (χ2n) is 4.89. The first-order chi connectivity index (χ1) is 9.31. The first kappa shape index (κ1) is 13.5. The summed E-state index contributed by atoms with van der Waals surface area (Å²) in [7, 11) is 0. The molecule has 2 aromatic rings. The van der Waals surface area contributed by atoms with E-state index in [2.05, 4.69) is 19.1 Å². The number of carbonyl (C=O) groups excluding carboxylic acids is 1. The molecule has 0 radical (unpaired) electrons. The Bertz CT molecular complexity index is 502. The molecule has 1 unspecified atom stereocenters. The molecule has 0 aliphatic rings. The summed E-state index contributed by atoms with van der Waals surface area (Å²) in [5.74, 6) is 0.571. The number of rotatable bonds is 6. The van der Waals surface area contributed by atoms with Gasteiger partial charge in [0.2, 0.25) is 0 Å². The molecule has 98 valence electrons. The average Bonchev–Trinajstić information content (AvgIpc) is 2.48. The Balaban J connectivity index is 2.11. The van der Waals surface area contributed by atoms with Crippen molar-refractivity contribution in [3.05, 3.63) is 71.8 Å². The monoisotopic (exact) mass is 252 g/mol. The largest absolute Gasteiger partial charge is 0.294 e. The van der Waals surface area contributed by atoms with Crippen LogP contribution in [0.15, 0.2) is 60.7 Å². The minimum absolute atomic E-state index is 0.239. The van der Waals surface area contributed by atoms with E-state index in [4.69, 9.17) is 0 Å². The first-order valence-electron chi connectivity index (χ1n) is 6.94. The lowest BCUT2D eigenvalue weighted by Crippen LogP contribution is -2.07. The standard InChI is InChI=1S/C18H20O/c1-2-9-17(15-10-5-3-6-11-15)14-18(19)16-12-7-4-8-13-16/h3-8,10-13,17H,2,9,14H2,1H3. The molecule has 0 aliphatic carbocycles. The number of benzene rings is 2. The third-order valence-electron chi connectivity index (χ3n) is 3.44. The SMILES string of the molecule is CCCC(CC(=O)c1ccccc1)c1ccccc1. The molecule has 0 spiro atoms. The molecule has 0 heterocycles. The first-order valence-corrected chi connectivity index (χ1v) is 6.94. The minimum atomic E-state index is 0.239. The van der Waals surface area contributed by atoms with Crippen molar-refractivity contribution in [3.8, 4) is 0 Å². The van der Waals surface area contributed by atoms with Crippen molar-refractivity contribution in [2.24, 2.45) is 0 Å². The van der Waals surface area contributed by atoms with Crippen molar-refractivity contribution in [1.29, 1.82) is 0 Å². The summed E-state index contributed by atoms with van der Waals surface area (Å²) in [5.41, 5.74) is 2.09. The van der Waals surface area contributed by atoms with Crippen molar-refractivity contribution >= 4 is 5.78 Å². The lowest BCUT2D eigenvalue weighted by molar-refractivity contribution is 0.0972. The highest BCUT2D eigenvalue weighted by atomic mass is 16.1. The van der Waals surface area contributed by atoms with Crippen LogP contribution >= 0.6 is 0 Å². The molecule has 2 aromatic carbocycles. The molecular formula is C18H20O. The molecule has 0 bridgehead atoms. The zero-order valence-electron chi connectivity index (χ0n) is 11.4. The quantitative estimate of drug-likeness (QED) is 0.672. The maximum atomic E-state index is 12.3. The Morgan fingerprint density at radius 2 is 1.53 bits per heavy atom. The molecule has 0 saturated heterocycles. The summed E-state index contributed by atoms with van der Waals surface area (Å²) < 4.78 is 0. The van der Waals surface area contributed by atoms with Gasteiger partial charge in [-0.15, -0.1) is 0 Å². The van der Waals surface area contributed by atoms with Crippen LogP contribution < -0.4 is 0 Å². The van der Waals surface area contributed by atoms with Crippen LogP contribution in [0.25, 0.3) is 0 Å². The predicted molar refractivity (Wildman–Crippen MR) is 79.5 cm³/mol. The topological polar surface area (TPSA) is 17.1 Å². The Morgan fingerprint density at radius 3 is 2.11 bits per heavy atom. The molecule has 19 heavy (non-hydrogen) atoms. The van der Waals surface area contributed by atoms with E-state index in [1.54, 1.807) is 0 Å². The molecule has 2 rings (SSSR count). The Morgan fingerprint density at radius 1 is 0.947 bits per heavy atom. The van der Waals surface area contributed by atoms with Crippen LogP contribution in [0.2, 0.25) is 0 Å². The van der Waals surface area contributed by atoms with Gasteiger partial charge in [0.1, 0.15) is 0 Å². The molecule has 1 atom stereocenters. The summed E-state index contributed by atoms with van der Waals surface area (Å²) in [5, 5.41) is 0. The van der Waals surface area contributed by atoms with E-state index in [-0.39, 0.29) is 5.78 Å². The van der Waals surface area contributed by atoms with Crippen LogP contribution in [0.5, 0.6) is 0 Å². The third-order valence-corrected chi connectivity index (χ3v) is 3.44. The van der Waals surface area contributed by atoms with E-state index in [0.29, 0.717) is 12.3 Å². The van der Waals surface area contributed by atoms with Gasteiger partial charge in [0, 0.05) is 12.0 Å². The van der Waals surface area contributed by atoms with Crippen LogP contribution in [0.3, 0.4) is 0 Å². The molecule has 0 aliphatic heterocycles. The summed E-state index contributed by atoms with van der Waals surface area (Å²) >= 11 is 0. The fourth-order valence-electron chi connectivity index (χ4n) is 2.43. The second-order valence-corrected chi connectivity index (χ2v) is 4.89. The molecule has 0 aromatic heterocycles. The van der Waals surface area contributed by atoms with E-state index in [9.17, 15) is 4.79 Å². The summed E-state index contributed by atoms with van der Waals surface area (Å²) in [6.45, 7) is 2.17. The fraction of sp³-hybridized carbons (Fsp3) is 0.278. The van der Waals surface area contributed by atoms with Crippen LogP contribution in [0.4, 0.5) is 0 Å². The number of ketones is 1. The van der Waals surface area contributed by atoms with Gasteiger partial charge in [-0.05, 0) is 17.9 Å². The molecule has 1 heteroatoms. The van der Waals surface area contributed by atoms with Gasteiger partial charge >= 0.3 is 0 Å². The molecule has 0 saturated carbocycles. The number of carbonyl (C=O) groups is 1. The highest BCUT2D eigenvalue weighted by Gasteiger charge is 2.16. The second kappa shape index (κ2) is 6.89. The Kier molecular flexibility index (Phi) is 4.91. The van der Waals surface area contributed by atoms with Gasteiger partial charge in [-0.2, -0.15) is 0 Å². The minimum Gasteiger partial charge on any atom is -0.294 e. The van der Waals surface area contributed by atoms with Gasteiger partial charge < -0.3 is 0 Å². The van der Waals surface area contributed by atoms with E-state index in [1.165, 1.54) is 5.56 Å². The van der Waals surface area contributed by atoms with Crippen molar-refractivity contribution in [3.63, 3.8) is 0 Å². The summed E-state index contributed by atoms with van der Waals surface area (Å²) in [6.07, 6.45) is 2.76. The average molecular weight is 252 g/mol. The van der Waals surface area contributed by atoms with Crippen molar-refractivity contribution in [2.75, 3.05) is 0 Å². The molecule has 0 N–H and O–H groups in total. The maximum absolute atomic E-state index is 12.3. The molecule has 0 amide bonds. The molecular weight excluding hydrogens is 232 g/mol. The van der Waals surface area contributed by atoms with Gasteiger partial charge in [-0.25, -0.2) is 0 Å². The van der Waals surface area contributed by atoms with Crippen molar-refractivity contribution in [2.45, 2.75) is 32.1 Å². The van der Waals surface area contributed by atoms with E-state index >= 15 is 0 Å². The summed E-state index contributed by atoms with van der Waals surface area (Å²) in [6, 6.07) is 19.9. The van der Waals surface area contributed by atoms with Crippen LogP contribution in [0, 0.1) is 0 Å². The van der Waals surface area contributed by atoms with E-state index in [0.717, 1.165) is 18.4 Å². The van der Waals surface area contributed by atoms with Crippen LogP contribution in [-0.4, -0.2) is 5.78 Å². The zero-order chi connectivity index (χ0) is 13.5. The van der Waals surface area contributed by atoms with Gasteiger partial charge in [-0.3, -0.25) is 4.79 Å². The van der Waals surface area contributed by atoms with Gasteiger partial charge in [-0.1, -0.05) is 74.0 Å². The molecule has 0 fully saturated rings. The lowest BCUT2D eigenvalue weighted by atomic mass is 9.88. The van der Waals surface area contributed by atoms with Gasteiger partial charge in [0.25, 0.3) is 0 Å². The zero-order valence-corrected chi connectivity index (χ0v) is 11.4. The van der Waals surface area contributed by atoms with Crippen LogP contribution in [-0.2, 0) is 0 Å². The van der Waals surface area contributed by atoms with Crippen molar-refractivity contribution < 1.29 is 4.79 Å². The van der Waals surface area contributed by atoms with E-state index in [1.807, 2.05) is 48.5 Å². The number of Topliss-reactive ketones (excluding diaryl/α,β-unsaturated/α-hetero) is 1. The highest BCUT2D eigenvalue weighted by molar-refractivity contribution is 5.96. The normalized spacial score (nSPS) is 12.1. The van der Waals surface area contributed by atoms with Gasteiger partial charge in [0.05, 0.1) is 0 Å².